The quantitative estimate of drug-likeness (QED) is 0.846. The summed E-state index contributed by atoms with van der Waals surface area (Å²) >= 11 is 1.71. The highest BCUT2D eigenvalue weighted by atomic mass is 32.1. The van der Waals surface area contributed by atoms with Gasteiger partial charge in [0.25, 0.3) is 0 Å². The van der Waals surface area contributed by atoms with Gasteiger partial charge in [0.15, 0.2) is 0 Å². The van der Waals surface area contributed by atoms with E-state index in [1.165, 1.54) is 21.7 Å². The summed E-state index contributed by atoms with van der Waals surface area (Å²) in [5.41, 5.74) is 4.05. The number of aryl methyl sites for hydroxylation is 2. The van der Waals surface area contributed by atoms with E-state index in [2.05, 4.69) is 23.2 Å². The molecule has 0 saturated carbocycles. The van der Waals surface area contributed by atoms with E-state index in [0.29, 0.717) is 18.6 Å². The van der Waals surface area contributed by atoms with Gasteiger partial charge in [0, 0.05) is 30.8 Å². The summed E-state index contributed by atoms with van der Waals surface area (Å²) in [6.45, 7) is 0. The van der Waals surface area contributed by atoms with Crippen molar-refractivity contribution in [3.8, 4) is 0 Å². The first kappa shape index (κ1) is 11.6. The number of ketones is 1. The molecule has 0 fully saturated rings. The van der Waals surface area contributed by atoms with Gasteiger partial charge in [0.1, 0.15) is 5.78 Å². The van der Waals surface area contributed by atoms with Crippen LogP contribution in [0.15, 0.2) is 29.8 Å². The number of benzene rings is 1. The number of carbonyl (C=O) groups excluding carboxylic acids is 1. The first-order valence-corrected chi connectivity index (χ1v) is 7.20. The van der Waals surface area contributed by atoms with Gasteiger partial charge in [-0.15, -0.1) is 11.3 Å². The van der Waals surface area contributed by atoms with Gasteiger partial charge in [-0.2, -0.15) is 0 Å². The summed E-state index contributed by atoms with van der Waals surface area (Å²) in [6, 6.07) is 6.37. The molecule has 1 aromatic carbocycles. The van der Waals surface area contributed by atoms with Crippen LogP contribution in [0.2, 0.25) is 0 Å². The molecule has 0 unspecified atom stereocenters. The van der Waals surface area contributed by atoms with Gasteiger partial charge in [-0.1, -0.05) is 18.2 Å². The number of rotatable bonds is 3. The van der Waals surface area contributed by atoms with Crippen molar-refractivity contribution in [1.29, 1.82) is 0 Å². The molecule has 1 aliphatic rings. The SMILES string of the molecule is O=C1CCc2c(CCc3nccs3)cccc2C1. The smallest absolute Gasteiger partial charge is 0.137 e. The Morgan fingerprint density at radius 1 is 1.22 bits per heavy atom. The van der Waals surface area contributed by atoms with E-state index in [1.54, 1.807) is 11.3 Å². The van der Waals surface area contributed by atoms with E-state index in [4.69, 9.17) is 0 Å². The fourth-order valence-corrected chi connectivity index (χ4v) is 3.21. The predicted molar refractivity (Wildman–Crippen MR) is 73.0 cm³/mol. The Kier molecular flexibility index (Phi) is 3.24. The minimum Gasteiger partial charge on any atom is -0.299 e. The van der Waals surface area contributed by atoms with Gasteiger partial charge in [-0.25, -0.2) is 4.98 Å². The van der Waals surface area contributed by atoms with E-state index < -0.39 is 0 Å². The number of thiazole rings is 1. The maximum atomic E-state index is 11.5. The lowest BCUT2D eigenvalue weighted by Crippen LogP contribution is -2.15. The fraction of sp³-hybridized carbons (Fsp3) is 0.333. The van der Waals surface area contributed by atoms with Crippen LogP contribution in [0.4, 0.5) is 0 Å². The molecule has 0 bridgehead atoms. The summed E-state index contributed by atoms with van der Waals surface area (Å²) in [5, 5.41) is 3.22. The average Bonchev–Trinajstić information content (AvgIpc) is 2.89. The lowest BCUT2D eigenvalue weighted by Gasteiger charge is -2.18. The first-order chi connectivity index (χ1) is 8.83. The maximum absolute atomic E-state index is 11.5. The minimum absolute atomic E-state index is 0.375. The highest BCUT2D eigenvalue weighted by molar-refractivity contribution is 7.09. The van der Waals surface area contributed by atoms with Crippen molar-refractivity contribution in [3.05, 3.63) is 51.5 Å². The van der Waals surface area contributed by atoms with Gasteiger partial charge in [-0.05, 0) is 29.5 Å². The number of hydrogen-bond acceptors (Lipinski definition) is 3. The Morgan fingerprint density at radius 2 is 2.17 bits per heavy atom. The number of Topliss-reactive ketones (excluding diaryl/α,β-unsaturated/α-hetero) is 1. The van der Waals surface area contributed by atoms with Crippen molar-refractivity contribution in [1.82, 2.24) is 4.98 Å². The van der Waals surface area contributed by atoms with E-state index in [1.807, 2.05) is 11.6 Å². The van der Waals surface area contributed by atoms with Gasteiger partial charge in [0.05, 0.1) is 5.01 Å². The molecular formula is C15H15NOS. The van der Waals surface area contributed by atoms with E-state index >= 15 is 0 Å². The van der Waals surface area contributed by atoms with Crippen molar-refractivity contribution in [2.75, 3.05) is 0 Å². The topological polar surface area (TPSA) is 30.0 Å². The summed E-state index contributed by atoms with van der Waals surface area (Å²) in [7, 11) is 0. The first-order valence-electron chi connectivity index (χ1n) is 6.32. The molecule has 2 nitrogen and oxygen atoms in total. The second-order valence-corrected chi connectivity index (χ2v) is 5.68. The third-order valence-electron chi connectivity index (χ3n) is 3.50. The lowest BCUT2D eigenvalue weighted by atomic mass is 9.86. The molecule has 3 rings (SSSR count). The second kappa shape index (κ2) is 5.02. The number of hydrogen-bond donors (Lipinski definition) is 0. The van der Waals surface area contributed by atoms with Crippen molar-refractivity contribution in [2.45, 2.75) is 32.1 Å². The molecule has 2 aromatic rings. The van der Waals surface area contributed by atoms with Gasteiger partial charge in [-0.3, -0.25) is 4.79 Å². The number of aromatic nitrogens is 1. The third kappa shape index (κ3) is 2.36. The molecule has 1 aromatic heterocycles. The van der Waals surface area contributed by atoms with Crippen LogP contribution in [-0.2, 0) is 30.5 Å². The Hall–Kier alpha value is -1.48. The fourth-order valence-electron chi connectivity index (χ4n) is 2.59. The molecule has 0 spiro atoms. The highest BCUT2D eigenvalue weighted by Gasteiger charge is 2.17. The monoisotopic (exact) mass is 257 g/mol. The van der Waals surface area contributed by atoms with E-state index in [9.17, 15) is 4.79 Å². The Morgan fingerprint density at radius 3 is 3.00 bits per heavy atom. The molecule has 0 atom stereocenters. The van der Waals surface area contributed by atoms with Gasteiger partial charge < -0.3 is 0 Å². The van der Waals surface area contributed by atoms with Crippen LogP contribution >= 0.6 is 11.3 Å². The molecule has 3 heteroatoms. The Labute approximate surface area is 111 Å². The van der Waals surface area contributed by atoms with Gasteiger partial charge in [0.2, 0.25) is 0 Å². The van der Waals surface area contributed by atoms with Gasteiger partial charge >= 0.3 is 0 Å². The third-order valence-corrected chi connectivity index (χ3v) is 4.34. The average molecular weight is 257 g/mol. The Balaban J connectivity index is 1.80. The molecule has 0 radical (unpaired) electrons. The van der Waals surface area contributed by atoms with E-state index in [-0.39, 0.29) is 0 Å². The number of fused-ring (bicyclic) bond motifs is 1. The van der Waals surface area contributed by atoms with Crippen LogP contribution in [0, 0.1) is 0 Å². The minimum atomic E-state index is 0.375. The predicted octanol–water partition coefficient (Wildman–Crippen LogP) is 2.99. The normalized spacial score (nSPS) is 14.6. The van der Waals surface area contributed by atoms with Crippen LogP contribution in [0.1, 0.15) is 28.1 Å². The zero-order valence-electron chi connectivity index (χ0n) is 10.2. The molecule has 0 aliphatic heterocycles. The molecule has 92 valence electrons. The zero-order valence-corrected chi connectivity index (χ0v) is 11.0. The lowest BCUT2D eigenvalue weighted by molar-refractivity contribution is -0.118. The van der Waals surface area contributed by atoms with Crippen LogP contribution in [-0.4, -0.2) is 10.8 Å². The maximum Gasteiger partial charge on any atom is 0.137 e. The highest BCUT2D eigenvalue weighted by Crippen LogP contribution is 2.24. The molecule has 18 heavy (non-hydrogen) atoms. The largest absolute Gasteiger partial charge is 0.299 e. The van der Waals surface area contributed by atoms with E-state index in [0.717, 1.165) is 19.3 Å². The summed E-state index contributed by atoms with van der Waals surface area (Å²) in [4.78, 5) is 15.8. The molecular weight excluding hydrogens is 242 g/mol. The van der Waals surface area contributed by atoms with Crippen molar-refractivity contribution in [2.24, 2.45) is 0 Å². The zero-order chi connectivity index (χ0) is 12.4. The summed E-state index contributed by atoms with van der Waals surface area (Å²) in [6.07, 6.45) is 6.15. The summed E-state index contributed by atoms with van der Waals surface area (Å²) < 4.78 is 0. The molecule has 0 amide bonds. The molecule has 1 aliphatic carbocycles. The molecule has 1 heterocycles. The van der Waals surface area contributed by atoms with Crippen LogP contribution in [0.3, 0.4) is 0 Å². The number of nitrogens with zero attached hydrogens (tertiary/aromatic N) is 1. The number of carbonyl (C=O) groups is 1. The second-order valence-electron chi connectivity index (χ2n) is 4.70. The summed E-state index contributed by atoms with van der Waals surface area (Å²) in [5.74, 6) is 0.375. The van der Waals surface area contributed by atoms with Crippen LogP contribution in [0.25, 0.3) is 0 Å². The molecule has 0 N–H and O–H groups in total. The van der Waals surface area contributed by atoms with Crippen molar-refractivity contribution in [3.63, 3.8) is 0 Å². The standard InChI is InChI=1S/C15H15NOS/c17-13-5-6-14-11(2-1-3-12(14)10-13)4-7-15-16-8-9-18-15/h1-3,8-9H,4-7,10H2. The Bertz CT molecular complexity index is 560. The van der Waals surface area contributed by atoms with Crippen LogP contribution < -0.4 is 0 Å². The van der Waals surface area contributed by atoms with Crippen molar-refractivity contribution < 1.29 is 4.79 Å². The van der Waals surface area contributed by atoms with Crippen molar-refractivity contribution >= 4 is 17.1 Å². The van der Waals surface area contributed by atoms with Crippen LogP contribution in [0.5, 0.6) is 0 Å². The molecule has 0 saturated heterocycles.